The molecule has 0 aromatic carbocycles. The molecule has 2 heterocycles. The van der Waals surface area contributed by atoms with Crippen molar-refractivity contribution in [1.82, 2.24) is 9.88 Å². The third-order valence-corrected chi connectivity index (χ3v) is 4.34. The summed E-state index contributed by atoms with van der Waals surface area (Å²) in [6.45, 7) is 1.46. The van der Waals surface area contributed by atoms with Crippen LogP contribution in [0.5, 0.6) is 0 Å². The first-order valence-corrected chi connectivity index (χ1v) is 8.38. The van der Waals surface area contributed by atoms with Crippen molar-refractivity contribution < 1.29 is 19.1 Å². The first-order valence-electron chi connectivity index (χ1n) is 6.62. The standard InChI is InChI=1S/C14H15N3O4S2/c1-9(18)15-14-16-11(8-23-14)13(20)21-7-12(19)17(2)6-10-4-3-5-22-10/h3-5,8H,6-7H2,1-2H3,(H,15,16,18). The second-order valence-electron chi connectivity index (χ2n) is 4.62. The highest BCUT2D eigenvalue weighted by Gasteiger charge is 2.16. The number of carbonyl (C=O) groups excluding carboxylic acids is 3. The molecule has 0 bridgehead atoms. The van der Waals surface area contributed by atoms with Gasteiger partial charge < -0.3 is 15.0 Å². The number of nitrogens with zero attached hydrogens (tertiary/aromatic N) is 2. The van der Waals surface area contributed by atoms with E-state index in [-0.39, 0.29) is 24.1 Å². The fourth-order valence-corrected chi connectivity index (χ4v) is 3.09. The summed E-state index contributed by atoms with van der Waals surface area (Å²) < 4.78 is 4.95. The summed E-state index contributed by atoms with van der Waals surface area (Å²) in [5.74, 6) is -1.27. The van der Waals surface area contributed by atoms with Crippen molar-refractivity contribution in [2.45, 2.75) is 13.5 Å². The summed E-state index contributed by atoms with van der Waals surface area (Å²) in [5.41, 5.74) is 0.0625. The SMILES string of the molecule is CC(=O)Nc1nc(C(=O)OCC(=O)N(C)Cc2cccs2)cs1. The quantitative estimate of drug-likeness (QED) is 0.802. The molecular weight excluding hydrogens is 338 g/mol. The van der Waals surface area contributed by atoms with E-state index in [0.29, 0.717) is 11.7 Å². The van der Waals surface area contributed by atoms with Crippen LogP contribution in [0, 0.1) is 0 Å². The molecule has 0 fully saturated rings. The maximum Gasteiger partial charge on any atom is 0.358 e. The topological polar surface area (TPSA) is 88.6 Å². The van der Waals surface area contributed by atoms with Crippen molar-refractivity contribution in [3.8, 4) is 0 Å². The summed E-state index contributed by atoms with van der Waals surface area (Å²) >= 11 is 2.66. The minimum atomic E-state index is -0.698. The Labute approximate surface area is 140 Å². The van der Waals surface area contributed by atoms with E-state index in [9.17, 15) is 14.4 Å². The van der Waals surface area contributed by atoms with Crippen LogP contribution in [0.3, 0.4) is 0 Å². The van der Waals surface area contributed by atoms with Crippen LogP contribution < -0.4 is 5.32 Å². The van der Waals surface area contributed by atoms with Gasteiger partial charge >= 0.3 is 5.97 Å². The maximum absolute atomic E-state index is 11.9. The Balaban J connectivity index is 1.82. The molecule has 0 aliphatic carbocycles. The number of esters is 1. The minimum Gasteiger partial charge on any atom is -0.451 e. The van der Waals surface area contributed by atoms with E-state index in [2.05, 4.69) is 10.3 Å². The van der Waals surface area contributed by atoms with Crippen LogP contribution in [0.2, 0.25) is 0 Å². The van der Waals surface area contributed by atoms with Gasteiger partial charge in [0.25, 0.3) is 5.91 Å². The van der Waals surface area contributed by atoms with Crippen molar-refractivity contribution in [2.24, 2.45) is 0 Å². The largest absolute Gasteiger partial charge is 0.451 e. The van der Waals surface area contributed by atoms with E-state index >= 15 is 0 Å². The molecule has 1 N–H and O–H groups in total. The lowest BCUT2D eigenvalue weighted by Gasteiger charge is -2.15. The van der Waals surface area contributed by atoms with Crippen LogP contribution in [0.15, 0.2) is 22.9 Å². The molecule has 0 aliphatic rings. The van der Waals surface area contributed by atoms with E-state index in [0.717, 1.165) is 16.2 Å². The molecule has 0 spiro atoms. The second kappa shape index (κ2) is 7.84. The first-order chi connectivity index (χ1) is 11.0. The molecule has 7 nitrogen and oxygen atoms in total. The molecule has 0 atom stereocenters. The number of hydrogen-bond acceptors (Lipinski definition) is 7. The first kappa shape index (κ1) is 17.1. The fraction of sp³-hybridized carbons (Fsp3) is 0.286. The molecule has 23 heavy (non-hydrogen) atoms. The molecule has 2 aromatic heterocycles. The Morgan fingerprint density at radius 2 is 2.13 bits per heavy atom. The summed E-state index contributed by atoms with van der Waals surface area (Å²) in [6.07, 6.45) is 0. The van der Waals surface area contributed by atoms with Crippen LogP contribution in [0.4, 0.5) is 5.13 Å². The number of hydrogen-bond donors (Lipinski definition) is 1. The molecule has 0 aliphatic heterocycles. The zero-order valence-electron chi connectivity index (χ0n) is 12.6. The van der Waals surface area contributed by atoms with E-state index in [1.54, 1.807) is 18.4 Å². The highest BCUT2D eigenvalue weighted by atomic mass is 32.1. The third kappa shape index (κ3) is 5.15. The van der Waals surface area contributed by atoms with Crippen LogP contribution in [-0.4, -0.2) is 41.3 Å². The van der Waals surface area contributed by atoms with Crippen molar-refractivity contribution in [2.75, 3.05) is 19.0 Å². The Morgan fingerprint density at radius 3 is 2.78 bits per heavy atom. The Hall–Kier alpha value is -2.26. The molecule has 0 saturated heterocycles. The predicted molar refractivity (Wildman–Crippen MR) is 87.5 cm³/mol. The van der Waals surface area contributed by atoms with Crippen molar-refractivity contribution in [3.05, 3.63) is 33.5 Å². The number of rotatable bonds is 6. The van der Waals surface area contributed by atoms with Crippen LogP contribution >= 0.6 is 22.7 Å². The highest BCUT2D eigenvalue weighted by Crippen LogP contribution is 2.16. The zero-order chi connectivity index (χ0) is 16.8. The average molecular weight is 353 g/mol. The van der Waals surface area contributed by atoms with Gasteiger partial charge in [-0.25, -0.2) is 9.78 Å². The molecular formula is C14H15N3O4S2. The predicted octanol–water partition coefficient (Wildman–Crippen LogP) is 1.98. The lowest BCUT2D eigenvalue weighted by molar-refractivity contribution is -0.133. The number of ether oxygens (including phenoxy) is 1. The van der Waals surface area contributed by atoms with Gasteiger partial charge in [0.05, 0.1) is 6.54 Å². The van der Waals surface area contributed by atoms with E-state index < -0.39 is 5.97 Å². The van der Waals surface area contributed by atoms with Gasteiger partial charge in [-0.3, -0.25) is 9.59 Å². The molecule has 0 unspecified atom stereocenters. The third-order valence-electron chi connectivity index (χ3n) is 2.72. The summed E-state index contributed by atoms with van der Waals surface area (Å²) in [4.78, 5) is 41.1. The van der Waals surface area contributed by atoms with Crippen LogP contribution in [-0.2, 0) is 20.9 Å². The minimum absolute atomic E-state index is 0.0625. The van der Waals surface area contributed by atoms with Crippen molar-refractivity contribution >= 4 is 45.6 Å². The molecule has 122 valence electrons. The molecule has 2 aromatic rings. The molecule has 9 heteroatoms. The van der Waals surface area contributed by atoms with Gasteiger partial charge in [0.1, 0.15) is 0 Å². The average Bonchev–Trinajstić information content (AvgIpc) is 3.15. The van der Waals surface area contributed by atoms with Gasteiger partial charge in [0, 0.05) is 24.2 Å². The van der Waals surface area contributed by atoms with Crippen molar-refractivity contribution in [3.63, 3.8) is 0 Å². The van der Waals surface area contributed by atoms with Crippen molar-refractivity contribution in [1.29, 1.82) is 0 Å². The van der Waals surface area contributed by atoms with Crippen LogP contribution in [0.25, 0.3) is 0 Å². The van der Waals surface area contributed by atoms with Gasteiger partial charge in [-0.05, 0) is 11.4 Å². The maximum atomic E-state index is 11.9. The summed E-state index contributed by atoms with van der Waals surface area (Å²) in [7, 11) is 1.65. The highest BCUT2D eigenvalue weighted by molar-refractivity contribution is 7.14. The summed E-state index contributed by atoms with van der Waals surface area (Å²) in [6, 6.07) is 3.84. The number of nitrogens with one attached hydrogen (secondary N) is 1. The lowest BCUT2D eigenvalue weighted by atomic mass is 10.4. The van der Waals surface area contributed by atoms with E-state index in [4.69, 9.17) is 4.74 Å². The Bertz CT molecular complexity index is 697. The Kier molecular flexibility index (Phi) is 5.83. The van der Waals surface area contributed by atoms with E-state index in [1.165, 1.54) is 17.2 Å². The van der Waals surface area contributed by atoms with Gasteiger partial charge in [0.2, 0.25) is 5.91 Å². The van der Waals surface area contributed by atoms with Gasteiger partial charge in [-0.2, -0.15) is 0 Å². The van der Waals surface area contributed by atoms with Crippen LogP contribution in [0.1, 0.15) is 22.3 Å². The monoisotopic (exact) mass is 353 g/mol. The number of thiazole rings is 1. The number of amides is 2. The number of thiophene rings is 1. The van der Waals surface area contributed by atoms with E-state index in [1.807, 2.05) is 17.5 Å². The number of anilines is 1. The summed E-state index contributed by atoms with van der Waals surface area (Å²) in [5, 5.41) is 6.18. The smallest absolute Gasteiger partial charge is 0.358 e. The lowest BCUT2D eigenvalue weighted by Crippen LogP contribution is -2.30. The fourth-order valence-electron chi connectivity index (χ4n) is 1.61. The van der Waals surface area contributed by atoms with Gasteiger partial charge in [-0.15, -0.1) is 22.7 Å². The molecule has 0 radical (unpaired) electrons. The van der Waals surface area contributed by atoms with Gasteiger partial charge in [0.15, 0.2) is 17.4 Å². The molecule has 0 saturated carbocycles. The van der Waals surface area contributed by atoms with Gasteiger partial charge in [-0.1, -0.05) is 6.07 Å². The Morgan fingerprint density at radius 1 is 1.35 bits per heavy atom. The number of carbonyl (C=O) groups is 3. The molecule has 2 rings (SSSR count). The molecule has 2 amide bonds. The second-order valence-corrected chi connectivity index (χ2v) is 6.51. The normalized spacial score (nSPS) is 10.2. The number of aromatic nitrogens is 1. The number of likely N-dealkylation sites (N-methyl/N-ethyl adjacent to an activating group) is 1. The zero-order valence-corrected chi connectivity index (χ0v) is 14.2.